The van der Waals surface area contributed by atoms with Gasteiger partial charge in [0.1, 0.15) is 0 Å². The van der Waals surface area contributed by atoms with Crippen LogP contribution in [-0.2, 0) is 4.74 Å². The third-order valence-corrected chi connectivity index (χ3v) is 2.65. The van der Waals surface area contributed by atoms with Crippen LogP contribution in [0.3, 0.4) is 0 Å². The summed E-state index contributed by atoms with van der Waals surface area (Å²) in [6.45, 7) is 1.80. The lowest BCUT2D eigenvalue weighted by Crippen LogP contribution is -2.13. The highest BCUT2D eigenvalue weighted by atomic mass is 16.5. The predicted molar refractivity (Wildman–Crippen MR) is 44.3 cm³/mol. The van der Waals surface area contributed by atoms with Gasteiger partial charge in [-0.3, -0.25) is 0 Å². The van der Waals surface area contributed by atoms with Crippen LogP contribution in [0.25, 0.3) is 0 Å². The Morgan fingerprint density at radius 1 is 1.27 bits per heavy atom. The zero-order valence-corrected chi connectivity index (χ0v) is 6.81. The number of nitrogens with two attached hydrogens (primary N) is 1. The molecule has 1 heterocycles. The minimum absolute atomic E-state index is 0.429. The van der Waals surface area contributed by atoms with Crippen LogP contribution in [-0.4, -0.2) is 19.3 Å². The number of hydrogen-bond acceptors (Lipinski definition) is 2. The molecule has 0 spiro atoms. The van der Waals surface area contributed by atoms with Crippen LogP contribution in [0.5, 0.6) is 0 Å². The molecule has 2 N–H and O–H groups in total. The molecule has 1 aliphatic carbocycles. The molecule has 2 nitrogen and oxygen atoms in total. The predicted octanol–water partition coefficient (Wildman–Crippen LogP) is 1.21. The number of rotatable bonds is 0. The highest BCUT2D eigenvalue weighted by Crippen LogP contribution is 2.29. The number of hydrogen-bond donors (Lipinski definition) is 1. The fourth-order valence-corrected chi connectivity index (χ4v) is 1.94. The van der Waals surface area contributed by atoms with Gasteiger partial charge in [0, 0.05) is 6.04 Å². The maximum absolute atomic E-state index is 5.82. The molecule has 2 rings (SSSR count). The van der Waals surface area contributed by atoms with Crippen molar-refractivity contribution in [3.8, 4) is 0 Å². The Morgan fingerprint density at radius 2 is 2.18 bits per heavy atom. The van der Waals surface area contributed by atoms with Crippen molar-refractivity contribution < 1.29 is 4.74 Å². The summed E-state index contributed by atoms with van der Waals surface area (Å²) in [6, 6.07) is 0.429. The second-order valence-corrected chi connectivity index (χ2v) is 3.51. The van der Waals surface area contributed by atoms with E-state index in [0.29, 0.717) is 6.04 Å². The Morgan fingerprint density at radius 3 is 2.73 bits per heavy atom. The van der Waals surface area contributed by atoms with Gasteiger partial charge in [0.25, 0.3) is 0 Å². The van der Waals surface area contributed by atoms with Crippen LogP contribution in [0.15, 0.2) is 11.1 Å². The van der Waals surface area contributed by atoms with E-state index in [1.165, 1.54) is 18.4 Å². The molecule has 2 heteroatoms. The van der Waals surface area contributed by atoms with Gasteiger partial charge in [-0.25, -0.2) is 0 Å². The Balaban J connectivity index is 2.07. The summed E-state index contributed by atoms with van der Waals surface area (Å²) in [4.78, 5) is 0. The lowest BCUT2D eigenvalue weighted by molar-refractivity contribution is 0.204. The maximum Gasteiger partial charge on any atom is 0.0680 e. The maximum atomic E-state index is 5.82. The second kappa shape index (κ2) is 2.95. The van der Waals surface area contributed by atoms with Crippen LogP contribution in [0.1, 0.15) is 25.7 Å². The van der Waals surface area contributed by atoms with Gasteiger partial charge in [0.2, 0.25) is 0 Å². The zero-order valence-electron chi connectivity index (χ0n) is 6.81. The SMILES string of the molecule is NC1CCC(=C2CCOC2)C1. The van der Waals surface area contributed by atoms with Crippen molar-refractivity contribution >= 4 is 0 Å². The smallest absolute Gasteiger partial charge is 0.0680 e. The summed E-state index contributed by atoms with van der Waals surface area (Å²) in [6.07, 6.45) is 4.68. The van der Waals surface area contributed by atoms with Crippen molar-refractivity contribution in [3.63, 3.8) is 0 Å². The zero-order chi connectivity index (χ0) is 7.68. The third-order valence-electron chi connectivity index (χ3n) is 2.65. The first-order chi connectivity index (χ1) is 5.36. The van der Waals surface area contributed by atoms with Crippen molar-refractivity contribution in [2.24, 2.45) is 5.73 Å². The average Bonchev–Trinajstić information content (AvgIpc) is 2.55. The first-order valence-corrected chi connectivity index (χ1v) is 4.39. The van der Waals surface area contributed by atoms with E-state index in [0.717, 1.165) is 26.1 Å². The molecule has 1 unspecified atom stereocenters. The summed E-state index contributed by atoms with van der Waals surface area (Å²) in [7, 11) is 0. The summed E-state index contributed by atoms with van der Waals surface area (Å²) < 4.78 is 5.31. The molecule has 0 bridgehead atoms. The highest BCUT2D eigenvalue weighted by Gasteiger charge is 2.20. The molecule has 2 aliphatic rings. The van der Waals surface area contributed by atoms with E-state index in [2.05, 4.69) is 0 Å². The van der Waals surface area contributed by atoms with Gasteiger partial charge >= 0.3 is 0 Å². The minimum atomic E-state index is 0.429. The van der Waals surface area contributed by atoms with Crippen molar-refractivity contribution in [2.45, 2.75) is 31.7 Å². The van der Waals surface area contributed by atoms with Gasteiger partial charge in [-0.15, -0.1) is 0 Å². The molecule has 1 atom stereocenters. The van der Waals surface area contributed by atoms with Gasteiger partial charge in [0.15, 0.2) is 0 Å². The lowest BCUT2D eigenvalue weighted by atomic mass is 10.1. The van der Waals surface area contributed by atoms with Gasteiger partial charge in [-0.05, 0) is 31.3 Å². The standard InChI is InChI=1S/C9H15NO/c10-9-2-1-7(5-9)8-3-4-11-6-8/h9H,1-6,10H2. The highest BCUT2D eigenvalue weighted by molar-refractivity contribution is 5.21. The quantitative estimate of drug-likeness (QED) is 0.531. The van der Waals surface area contributed by atoms with Crippen LogP contribution >= 0.6 is 0 Å². The molecule has 11 heavy (non-hydrogen) atoms. The Bertz CT molecular complexity index is 178. The molecule has 1 saturated heterocycles. The summed E-state index contributed by atoms with van der Waals surface area (Å²) >= 11 is 0. The van der Waals surface area contributed by atoms with Gasteiger partial charge in [0.05, 0.1) is 13.2 Å². The summed E-state index contributed by atoms with van der Waals surface area (Å²) in [5, 5.41) is 0. The lowest BCUT2D eigenvalue weighted by Gasteiger charge is -2.01. The molecular formula is C9H15NO. The molecule has 0 aromatic carbocycles. The van der Waals surface area contributed by atoms with E-state index in [1.54, 1.807) is 5.57 Å². The molecule has 62 valence electrons. The first kappa shape index (κ1) is 7.32. The van der Waals surface area contributed by atoms with E-state index in [-0.39, 0.29) is 0 Å². The fraction of sp³-hybridized carbons (Fsp3) is 0.778. The molecule has 0 radical (unpaired) electrons. The first-order valence-electron chi connectivity index (χ1n) is 4.39. The molecular weight excluding hydrogens is 138 g/mol. The van der Waals surface area contributed by atoms with Gasteiger partial charge in [-0.2, -0.15) is 0 Å². The normalized spacial score (nSPS) is 38.5. The third kappa shape index (κ3) is 1.47. The van der Waals surface area contributed by atoms with Crippen molar-refractivity contribution in [1.29, 1.82) is 0 Å². The van der Waals surface area contributed by atoms with Gasteiger partial charge in [-0.1, -0.05) is 5.57 Å². The molecule has 0 aromatic heterocycles. The van der Waals surface area contributed by atoms with Crippen LogP contribution in [0, 0.1) is 0 Å². The van der Waals surface area contributed by atoms with E-state index < -0.39 is 0 Å². The van der Waals surface area contributed by atoms with Crippen molar-refractivity contribution in [2.75, 3.05) is 13.2 Å². The molecule has 1 saturated carbocycles. The Kier molecular flexibility index (Phi) is 1.96. The average molecular weight is 153 g/mol. The van der Waals surface area contributed by atoms with Crippen LogP contribution in [0.2, 0.25) is 0 Å². The Hall–Kier alpha value is -0.340. The molecule has 2 fully saturated rings. The monoisotopic (exact) mass is 153 g/mol. The van der Waals surface area contributed by atoms with Crippen molar-refractivity contribution in [1.82, 2.24) is 0 Å². The number of ether oxygens (including phenoxy) is 1. The minimum Gasteiger partial charge on any atom is -0.377 e. The molecule has 0 aromatic rings. The summed E-state index contributed by atoms with van der Waals surface area (Å²) in [5.74, 6) is 0. The van der Waals surface area contributed by atoms with Crippen LogP contribution in [0.4, 0.5) is 0 Å². The van der Waals surface area contributed by atoms with E-state index in [1.807, 2.05) is 0 Å². The second-order valence-electron chi connectivity index (χ2n) is 3.51. The van der Waals surface area contributed by atoms with E-state index in [4.69, 9.17) is 10.5 Å². The van der Waals surface area contributed by atoms with Crippen LogP contribution < -0.4 is 5.73 Å². The largest absolute Gasteiger partial charge is 0.377 e. The van der Waals surface area contributed by atoms with Gasteiger partial charge < -0.3 is 10.5 Å². The van der Waals surface area contributed by atoms with E-state index in [9.17, 15) is 0 Å². The topological polar surface area (TPSA) is 35.2 Å². The van der Waals surface area contributed by atoms with E-state index >= 15 is 0 Å². The Labute approximate surface area is 67.4 Å². The molecule has 0 amide bonds. The summed E-state index contributed by atoms with van der Waals surface area (Å²) in [5.41, 5.74) is 8.95. The fourth-order valence-electron chi connectivity index (χ4n) is 1.94. The molecule has 1 aliphatic heterocycles. The van der Waals surface area contributed by atoms with Crippen molar-refractivity contribution in [3.05, 3.63) is 11.1 Å².